The monoisotopic (exact) mass is 251 g/mol. The van der Waals surface area contributed by atoms with Gasteiger partial charge in [0.1, 0.15) is 0 Å². The highest BCUT2D eigenvalue weighted by Gasteiger charge is 2.16. The van der Waals surface area contributed by atoms with Crippen LogP contribution in [0.4, 0.5) is 0 Å². The van der Waals surface area contributed by atoms with Crippen molar-refractivity contribution in [3.05, 3.63) is 34.5 Å². The molecule has 1 unspecified atom stereocenters. The number of rotatable bonds is 3. The van der Waals surface area contributed by atoms with Crippen molar-refractivity contribution in [3.8, 4) is 0 Å². The van der Waals surface area contributed by atoms with E-state index in [4.69, 9.17) is 16.7 Å². The maximum Gasteiger partial charge on any atom is 0.304 e. The van der Waals surface area contributed by atoms with Crippen molar-refractivity contribution in [2.45, 2.75) is 26.2 Å². The molecule has 0 spiro atoms. The number of aliphatic carboxylic acids is 1. The molecule has 0 aliphatic rings. The van der Waals surface area contributed by atoms with E-state index in [9.17, 15) is 4.79 Å². The Morgan fingerprint density at radius 3 is 2.88 bits per heavy atom. The van der Waals surface area contributed by atoms with Crippen LogP contribution < -0.4 is 0 Å². The van der Waals surface area contributed by atoms with E-state index >= 15 is 0 Å². The first-order valence-electron chi connectivity index (χ1n) is 5.48. The molecule has 2 rings (SSSR count). The number of H-pyrrole nitrogens is 1. The number of hydrogen-bond donors (Lipinski definition) is 2. The van der Waals surface area contributed by atoms with Crippen LogP contribution in [-0.2, 0) is 4.79 Å². The van der Waals surface area contributed by atoms with Crippen LogP contribution in [0, 0.1) is 6.92 Å². The van der Waals surface area contributed by atoms with Gasteiger partial charge < -0.3 is 10.1 Å². The maximum absolute atomic E-state index is 10.7. The lowest BCUT2D eigenvalue weighted by atomic mass is 10.00. The van der Waals surface area contributed by atoms with Gasteiger partial charge in [-0.25, -0.2) is 0 Å². The van der Waals surface area contributed by atoms with Crippen LogP contribution in [0.2, 0.25) is 5.02 Å². The Hall–Kier alpha value is -1.48. The van der Waals surface area contributed by atoms with Crippen LogP contribution in [0.3, 0.4) is 0 Å². The lowest BCUT2D eigenvalue weighted by Gasteiger charge is -2.07. The van der Waals surface area contributed by atoms with Gasteiger partial charge >= 0.3 is 5.97 Å². The number of hydrogen-bond acceptors (Lipinski definition) is 1. The molecule has 1 heterocycles. The van der Waals surface area contributed by atoms with Crippen LogP contribution in [0.5, 0.6) is 0 Å². The van der Waals surface area contributed by atoms with Crippen molar-refractivity contribution >= 4 is 28.5 Å². The molecular formula is C13H14ClNO2. The average molecular weight is 252 g/mol. The molecule has 0 saturated carbocycles. The number of aromatic nitrogens is 1. The van der Waals surface area contributed by atoms with Gasteiger partial charge in [0, 0.05) is 27.5 Å². The van der Waals surface area contributed by atoms with Gasteiger partial charge in [-0.15, -0.1) is 0 Å². The van der Waals surface area contributed by atoms with Crippen molar-refractivity contribution in [1.29, 1.82) is 0 Å². The second-order valence-corrected chi connectivity index (χ2v) is 4.79. The summed E-state index contributed by atoms with van der Waals surface area (Å²) in [5, 5.41) is 10.6. The van der Waals surface area contributed by atoms with Gasteiger partial charge in [-0.2, -0.15) is 0 Å². The van der Waals surface area contributed by atoms with Gasteiger partial charge in [0.2, 0.25) is 0 Å². The van der Waals surface area contributed by atoms with Gasteiger partial charge in [0.05, 0.1) is 6.42 Å². The quantitative estimate of drug-likeness (QED) is 0.874. The molecule has 0 saturated heterocycles. The number of carboxylic acid groups (broad SMARTS) is 1. The van der Waals surface area contributed by atoms with Crippen LogP contribution in [0.15, 0.2) is 18.2 Å². The van der Waals surface area contributed by atoms with Gasteiger partial charge in [0.25, 0.3) is 0 Å². The summed E-state index contributed by atoms with van der Waals surface area (Å²) < 4.78 is 0. The van der Waals surface area contributed by atoms with E-state index in [1.807, 2.05) is 32.0 Å². The Balaban J connectivity index is 2.48. The second kappa shape index (κ2) is 4.41. The average Bonchev–Trinajstić information content (AvgIpc) is 2.54. The summed E-state index contributed by atoms with van der Waals surface area (Å²) in [5.74, 6) is -0.813. The smallest absolute Gasteiger partial charge is 0.304 e. The summed E-state index contributed by atoms with van der Waals surface area (Å²) in [4.78, 5) is 14.0. The summed E-state index contributed by atoms with van der Waals surface area (Å²) in [6.07, 6.45) is 0.126. The van der Waals surface area contributed by atoms with Gasteiger partial charge in [-0.05, 0) is 24.6 Å². The number of nitrogens with one attached hydrogen (secondary N) is 1. The molecule has 2 aromatic rings. The Labute approximate surface area is 104 Å². The van der Waals surface area contributed by atoms with Crippen LogP contribution in [0.25, 0.3) is 10.9 Å². The number of aryl methyl sites for hydroxylation is 1. The molecule has 1 aromatic carbocycles. The van der Waals surface area contributed by atoms with Crippen LogP contribution in [-0.4, -0.2) is 16.1 Å². The second-order valence-electron chi connectivity index (χ2n) is 4.35. The summed E-state index contributed by atoms with van der Waals surface area (Å²) >= 11 is 5.93. The lowest BCUT2D eigenvalue weighted by Crippen LogP contribution is -2.04. The fourth-order valence-electron chi connectivity index (χ4n) is 2.19. The molecule has 0 aliphatic carbocycles. The number of fused-ring (bicyclic) bond motifs is 1. The number of benzene rings is 1. The van der Waals surface area contributed by atoms with Gasteiger partial charge in [-0.3, -0.25) is 4.79 Å². The van der Waals surface area contributed by atoms with E-state index in [0.29, 0.717) is 5.02 Å². The molecule has 0 aliphatic heterocycles. The van der Waals surface area contributed by atoms with Crippen molar-refractivity contribution in [2.75, 3.05) is 0 Å². The SMILES string of the molecule is Cc1c(C(C)CC(=O)O)[nH]c2cc(Cl)ccc12. The van der Waals surface area contributed by atoms with Crippen molar-refractivity contribution < 1.29 is 9.90 Å². The molecule has 4 heteroatoms. The summed E-state index contributed by atoms with van der Waals surface area (Å²) in [6.45, 7) is 3.91. The Morgan fingerprint density at radius 1 is 1.53 bits per heavy atom. The summed E-state index contributed by atoms with van der Waals surface area (Å²) in [7, 11) is 0. The van der Waals surface area contributed by atoms with Crippen LogP contribution >= 0.6 is 11.6 Å². The fraction of sp³-hybridized carbons (Fsp3) is 0.308. The molecule has 0 fully saturated rings. The summed E-state index contributed by atoms with van der Waals surface area (Å²) in [5.41, 5.74) is 3.04. The van der Waals surface area contributed by atoms with Gasteiger partial charge in [0.15, 0.2) is 0 Å². The minimum absolute atomic E-state index is 0.0290. The van der Waals surface area contributed by atoms with Crippen LogP contribution in [0.1, 0.15) is 30.5 Å². The fourth-order valence-corrected chi connectivity index (χ4v) is 2.36. The largest absolute Gasteiger partial charge is 0.481 e. The number of carbonyl (C=O) groups is 1. The zero-order chi connectivity index (χ0) is 12.6. The van der Waals surface area contributed by atoms with E-state index in [2.05, 4.69) is 4.98 Å². The molecule has 1 atom stereocenters. The summed E-state index contributed by atoms with van der Waals surface area (Å²) in [6, 6.07) is 5.66. The Bertz CT molecular complexity index is 574. The maximum atomic E-state index is 10.7. The predicted molar refractivity (Wildman–Crippen MR) is 68.7 cm³/mol. The molecule has 0 amide bonds. The number of carboxylic acids is 1. The van der Waals surface area contributed by atoms with E-state index in [-0.39, 0.29) is 12.3 Å². The first-order chi connectivity index (χ1) is 7.99. The van der Waals surface area contributed by atoms with Crippen molar-refractivity contribution in [2.24, 2.45) is 0 Å². The Kier molecular flexibility index (Phi) is 3.11. The van der Waals surface area contributed by atoms with E-state index < -0.39 is 5.97 Å². The third-order valence-electron chi connectivity index (χ3n) is 3.03. The number of halogens is 1. The highest BCUT2D eigenvalue weighted by molar-refractivity contribution is 6.31. The molecule has 3 nitrogen and oxygen atoms in total. The van der Waals surface area contributed by atoms with Crippen molar-refractivity contribution in [3.63, 3.8) is 0 Å². The molecule has 17 heavy (non-hydrogen) atoms. The third kappa shape index (κ3) is 2.29. The Morgan fingerprint density at radius 2 is 2.24 bits per heavy atom. The molecule has 0 bridgehead atoms. The highest BCUT2D eigenvalue weighted by atomic mass is 35.5. The van der Waals surface area contributed by atoms with Crippen molar-refractivity contribution in [1.82, 2.24) is 4.98 Å². The number of aromatic amines is 1. The van der Waals surface area contributed by atoms with Gasteiger partial charge in [-0.1, -0.05) is 24.6 Å². The van der Waals surface area contributed by atoms with E-state index in [1.165, 1.54) is 0 Å². The zero-order valence-electron chi connectivity index (χ0n) is 9.75. The molecule has 2 N–H and O–H groups in total. The van der Waals surface area contributed by atoms with E-state index in [0.717, 1.165) is 22.2 Å². The molecule has 90 valence electrons. The molecule has 0 radical (unpaired) electrons. The van der Waals surface area contributed by atoms with E-state index in [1.54, 1.807) is 0 Å². The topological polar surface area (TPSA) is 53.1 Å². The normalized spacial score (nSPS) is 12.9. The first kappa shape index (κ1) is 12.0. The zero-order valence-corrected chi connectivity index (χ0v) is 10.5. The predicted octanol–water partition coefficient (Wildman–Crippen LogP) is 3.71. The minimum atomic E-state index is -0.784. The molecular weight excluding hydrogens is 238 g/mol. The highest BCUT2D eigenvalue weighted by Crippen LogP contribution is 2.30. The first-order valence-corrected chi connectivity index (χ1v) is 5.86. The minimum Gasteiger partial charge on any atom is -0.481 e. The standard InChI is InChI=1S/C13H14ClNO2/c1-7(5-12(16)17)13-8(2)10-4-3-9(14)6-11(10)15-13/h3-4,6-7,15H,5H2,1-2H3,(H,16,17). The third-order valence-corrected chi connectivity index (χ3v) is 3.27. The lowest BCUT2D eigenvalue weighted by molar-refractivity contribution is -0.137. The molecule has 1 aromatic heterocycles.